The highest BCUT2D eigenvalue weighted by Gasteiger charge is 2.35. The normalized spacial score (nSPS) is 23.8. The van der Waals surface area contributed by atoms with Gasteiger partial charge in [0.25, 0.3) is 5.56 Å². The summed E-state index contributed by atoms with van der Waals surface area (Å²) in [5.74, 6) is -0.0594. The van der Waals surface area contributed by atoms with Crippen molar-refractivity contribution in [2.24, 2.45) is 5.11 Å². The van der Waals surface area contributed by atoms with E-state index in [0.717, 1.165) is 4.57 Å². The second kappa shape index (κ2) is 6.94. The van der Waals surface area contributed by atoms with E-state index in [9.17, 15) is 14.7 Å². The molecule has 0 bridgehead atoms. The van der Waals surface area contributed by atoms with E-state index in [2.05, 4.69) is 21.6 Å². The number of nitrogens with zero attached hydrogens (tertiary/aromatic N) is 4. The van der Waals surface area contributed by atoms with Crippen molar-refractivity contribution in [2.75, 3.05) is 13.2 Å². The Bertz CT molecular complexity index is 705. The molecule has 0 spiro atoms. The first-order valence-corrected chi connectivity index (χ1v) is 6.50. The van der Waals surface area contributed by atoms with E-state index in [4.69, 9.17) is 15.0 Å². The number of H-pyrrole nitrogens is 1. The molecule has 1 aliphatic heterocycles. The first kappa shape index (κ1) is 15.8. The SMILES string of the molecule is C=CCOc1cn([C@H]2CC(N=[N+]=[N-])[C@@H](CO)O2)c(=O)[nH]c1=O. The van der Waals surface area contributed by atoms with Gasteiger partial charge in [-0.25, -0.2) is 4.79 Å². The van der Waals surface area contributed by atoms with Gasteiger partial charge in [0.15, 0.2) is 0 Å². The molecule has 118 valence electrons. The lowest BCUT2D eigenvalue weighted by molar-refractivity contribution is -0.0273. The van der Waals surface area contributed by atoms with Gasteiger partial charge >= 0.3 is 5.69 Å². The molecule has 10 heteroatoms. The fourth-order valence-corrected chi connectivity index (χ4v) is 2.17. The molecule has 10 nitrogen and oxygen atoms in total. The van der Waals surface area contributed by atoms with E-state index in [0.29, 0.717) is 0 Å². The third kappa shape index (κ3) is 3.19. The number of aliphatic hydroxyl groups is 1. The van der Waals surface area contributed by atoms with Crippen LogP contribution in [0.25, 0.3) is 10.4 Å². The number of rotatable bonds is 6. The molecule has 1 unspecified atom stereocenters. The van der Waals surface area contributed by atoms with Crippen LogP contribution >= 0.6 is 0 Å². The van der Waals surface area contributed by atoms with Crippen molar-refractivity contribution in [3.05, 3.63) is 50.1 Å². The zero-order chi connectivity index (χ0) is 16.1. The van der Waals surface area contributed by atoms with Crippen molar-refractivity contribution in [2.45, 2.75) is 24.8 Å². The summed E-state index contributed by atoms with van der Waals surface area (Å²) in [4.78, 5) is 28.3. The number of ether oxygens (including phenoxy) is 2. The van der Waals surface area contributed by atoms with Crippen molar-refractivity contribution in [3.8, 4) is 5.75 Å². The minimum absolute atomic E-state index is 0.0594. The van der Waals surface area contributed by atoms with E-state index in [1.165, 1.54) is 12.3 Å². The van der Waals surface area contributed by atoms with Gasteiger partial charge in [0.05, 0.1) is 24.9 Å². The predicted molar refractivity (Wildman–Crippen MR) is 75.6 cm³/mol. The highest BCUT2D eigenvalue weighted by molar-refractivity contribution is 5.13. The molecule has 2 N–H and O–H groups in total. The van der Waals surface area contributed by atoms with Gasteiger partial charge in [0, 0.05) is 11.3 Å². The second-order valence-electron chi connectivity index (χ2n) is 4.58. The molecule has 0 aliphatic carbocycles. The van der Waals surface area contributed by atoms with Crippen LogP contribution in [0, 0.1) is 0 Å². The van der Waals surface area contributed by atoms with Crippen LogP contribution in [0.5, 0.6) is 5.75 Å². The molecule has 0 radical (unpaired) electrons. The Morgan fingerprint density at radius 3 is 3.09 bits per heavy atom. The zero-order valence-corrected chi connectivity index (χ0v) is 11.6. The van der Waals surface area contributed by atoms with Gasteiger partial charge in [-0.15, -0.1) is 0 Å². The van der Waals surface area contributed by atoms with Gasteiger partial charge < -0.3 is 14.6 Å². The molecule has 1 fully saturated rings. The average Bonchev–Trinajstić information content (AvgIpc) is 2.89. The number of hydrogen-bond acceptors (Lipinski definition) is 6. The lowest BCUT2D eigenvalue weighted by Gasteiger charge is -2.15. The van der Waals surface area contributed by atoms with Gasteiger partial charge in [-0.1, -0.05) is 17.8 Å². The lowest BCUT2D eigenvalue weighted by Crippen LogP contribution is -2.33. The molecule has 0 aromatic carbocycles. The molecule has 1 saturated heterocycles. The van der Waals surface area contributed by atoms with Crippen molar-refractivity contribution < 1.29 is 14.6 Å². The minimum atomic E-state index is -0.775. The highest BCUT2D eigenvalue weighted by Crippen LogP contribution is 2.30. The van der Waals surface area contributed by atoms with E-state index >= 15 is 0 Å². The Morgan fingerprint density at radius 1 is 1.68 bits per heavy atom. The largest absolute Gasteiger partial charge is 0.483 e. The van der Waals surface area contributed by atoms with Crippen molar-refractivity contribution in [3.63, 3.8) is 0 Å². The maximum absolute atomic E-state index is 11.9. The average molecular weight is 309 g/mol. The Morgan fingerprint density at radius 2 is 2.45 bits per heavy atom. The van der Waals surface area contributed by atoms with Gasteiger partial charge in [0.2, 0.25) is 5.75 Å². The summed E-state index contributed by atoms with van der Waals surface area (Å²) < 4.78 is 11.8. The lowest BCUT2D eigenvalue weighted by atomic mass is 10.1. The molecule has 22 heavy (non-hydrogen) atoms. The molecule has 3 atom stereocenters. The Kier molecular flexibility index (Phi) is 4.99. The third-order valence-electron chi connectivity index (χ3n) is 3.19. The fourth-order valence-electron chi connectivity index (χ4n) is 2.17. The molecule has 2 heterocycles. The summed E-state index contributed by atoms with van der Waals surface area (Å²) in [7, 11) is 0. The highest BCUT2D eigenvalue weighted by atomic mass is 16.5. The molecule has 2 rings (SSSR count). The Balaban J connectivity index is 2.32. The standard InChI is InChI=1S/C12H15N5O5/c1-2-3-21-8-5-17(12(20)14-11(8)19)10-4-7(15-16-13)9(6-18)22-10/h2,5,7,9-10,18H,1,3-4,6H2,(H,14,19,20)/t7?,9-,10-/m1/s1. The van der Waals surface area contributed by atoms with E-state index < -0.39 is 29.6 Å². The van der Waals surface area contributed by atoms with Crippen LogP contribution in [0.4, 0.5) is 0 Å². The fraction of sp³-hybridized carbons (Fsp3) is 0.500. The van der Waals surface area contributed by atoms with Crippen molar-refractivity contribution in [1.29, 1.82) is 0 Å². The summed E-state index contributed by atoms with van der Waals surface area (Å²) >= 11 is 0. The van der Waals surface area contributed by atoms with Gasteiger partial charge in [-0.2, -0.15) is 0 Å². The monoisotopic (exact) mass is 309 g/mol. The maximum atomic E-state index is 11.9. The number of aromatic amines is 1. The quantitative estimate of drug-likeness (QED) is 0.330. The zero-order valence-electron chi connectivity index (χ0n) is 11.6. The topological polar surface area (TPSA) is 142 Å². The number of aliphatic hydroxyl groups excluding tert-OH is 1. The summed E-state index contributed by atoms with van der Waals surface area (Å²) in [5.41, 5.74) is 7.16. The number of hydrogen-bond donors (Lipinski definition) is 2. The van der Waals surface area contributed by atoms with Crippen molar-refractivity contribution >= 4 is 0 Å². The van der Waals surface area contributed by atoms with Gasteiger partial charge in [-0.05, 0) is 5.53 Å². The van der Waals surface area contributed by atoms with E-state index in [1.807, 2.05) is 0 Å². The van der Waals surface area contributed by atoms with Gasteiger partial charge in [0.1, 0.15) is 12.8 Å². The number of nitrogens with one attached hydrogen (secondary N) is 1. The van der Waals surface area contributed by atoms with Crippen LogP contribution in [0.1, 0.15) is 12.6 Å². The Hall–Kier alpha value is -2.55. The first-order chi connectivity index (χ1) is 10.6. The van der Waals surface area contributed by atoms with Crippen LogP contribution in [0.15, 0.2) is 33.6 Å². The molecule has 0 amide bonds. The van der Waals surface area contributed by atoms with Crippen LogP contribution < -0.4 is 16.0 Å². The number of aromatic nitrogens is 2. The third-order valence-corrected chi connectivity index (χ3v) is 3.19. The summed E-state index contributed by atoms with van der Waals surface area (Å²) in [6, 6.07) is -0.601. The van der Waals surface area contributed by atoms with Crippen LogP contribution in [-0.4, -0.2) is 40.0 Å². The maximum Gasteiger partial charge on any atom is 0.330 e. The van der Waals surface area contributed by atoms with Crippen LogP contribution in [-0.2, 0) is 4.74 Å². The number of azide groups is 1. The predicted octanol–water partition coefficient (Wildman–Crippen LogP) is 0.0601. The summed E-state index contributed by atoms with van der Waals surface area (Å²) in [6.07, 6.45) is 1.39. The summed E-state index contributed by atoms with van der Waals surface area (Å²) in [5, 5.41) is 12.8. The molecule has 1 aliphatic rings. The molecule has 1 aromatic heterocycles. The van der Waals surface area contributed by atoms with Gasteiger partial charge in [-0.3, -0.25) is 14.3 Å². The molecule has 1 aromatic rings. The van der Waals surface area contributed by atoms with E-state index in [1.54, 1.807) is 0 Å². The Labute approximate surface area is 124 Å². The minimum Gasteiger partial charge on any atom is -0.483 e. The van der Waals surface area contributed by atoms with Crippen LogP contribution in [0.2, 0.25) is 0 Å². The van der Waals surface area contributed by atoms with Crippen LogP contribution in [0.3, 0.4) is 0 Å². The molecule has 0 saturated carbocycles. The summed E-state index contributed by atoms with van der Waals surface area (Å²) in [6.45, 7) is 3.23. The molecular weight excluding hydrogens is 294 g/mol. The second-order valence-corrected chi connectivity index (χ2v) is 4.58. The smallest absolute Gasteiger partial charge is 0.330 e. The van der Waals surface area contributed by atoms with E-state index in [-0.39, 0.29) is 25.4 Å². The van der Waals surface area contributed by atoms with Crippen molar-refractivity contribution in [1.82, 2.24) is 9.55 Å². The first-order valence-electron chi connectivity index (χ1n) is 6.50. The molecular formula is C12H15N5O5.